The summed E-state index contributed by atoms with van der Waals surface area (Å²) >= 11 is 0. The molecule has 0 spiro atoms. The summed E-state index contributed by atoms with van der Waals surface area (Å²) in [7, 11) is 1.47. The van der Waals surface area contributed by atoms with Crippen molar-refractivity contribution in [3.63, 3.8) is 0 Å². The summed E-state index contributed by atoms with van der Waals surface area (Å²) in [5.74, 6) is -0.837. The lowest BCUT2D eigenvalue weighted by molar-refractivity contribution is -0.131. The fourth-order valence-electron chi connectivity index (χ4n) is 1.55. The molecule has 0 fully saturated rings. The van der Waals surface area contributed by atoms with Gasteiger partial charge in [0.15, 0.2) is 17.6 Å². The Bertz CT molecular complexity index is 524. The summed E-state index contributed by atoms with van der Waals surface area (Å²) in [4.78, 5) is 21.7. The Morgan fingerprint density at radius 1 is 1.40 bits per heavy atom. The molecule has 20 heavy (non-hydrogen) atoms. The van der Waals surface area contributed by atoms with Gasteiger partial charge < -0.3 is 20.3 Å². The smallest absolute Gasteiger partial charge is 0.328 e. The lowest BCUT2D eigenvalue weighted by Crippen LogP contribution is -2.33. The van der Waals surface area contributed by atoms with E-state index in [1.165, 1.54) is 13.2 Å². The van der Waals surface area contributed by atoms with Crippen LogP contribution in [0.5, 0.6) is 11.5 Å². The zero-order valence-corrected chi connectivity index (χ0v) is 11.3. The van der Waals surface area contributed by atoms with Gasteiger partial charge in [-0.15, -0.1) is 0 Å². The number of carboxylic acid groups (broad SMARTS) is 1. The molecule has 0 saturated heterocycles. The SMILES string of the molecule is CCC(Oc1cc(C=CC(=O)O)ccc1OC)C(N)=O. The molecular weight excluding hydrogens is 262 g/mol. The Balaban J connectivity index is 3.05. The molecule has 1 unspecified atom stereocenters. The fourth-order valence-corrected chi connectivity index (χ4v) is 1.55. The molecule has 0 aliphatic rings. The van der Waals surface area contributed by atoms with Crippen LogP contribution in [0.15, 0.2) is 24.3 Å². The number of carboxylic acids is 1. The molecule has 0 radical (unpaired) electrons. The number of nitrogens with two attached hydrogens (primary N) is 1. The van der Waals surface area contributed by atoms with Crippen molar-refractivity contribution in [2.75, 3.05) is 7.11 Å². The number of aliphatic carboxylic acids is 1. The van der Waals surface area contributed by atoms with Gasteiger partial charge >= 0.3 is 5.97 Å². The molecule has 3 N–H and O–H groups in total. The van der Waals surface area contributed by atoms with Crippen LogP contribution in [-0.4, -0.2) is 30.2 Å². The molecule has 1 aromatic carbocycles. The molecule has 6 nitrogen and oxygen atoms in total. The van der Waals surface area contributed by atoms with Crippen molar-refractivity contribution in [1.82, 2.24) is 0 Å². The van der Waals surface area contributed by atoms with Crippen LogP contribution < -0.4 is 15.2 Å². The van der Waals surface area contributed by atoms with Crippen molar-refractivity contribution in [3.8, 4) is 11.5 Å². The molecule has 1 rings (SSSR count). The second-order valence-electron chi connectivity index (χ2n) is 4.00. The highest BCUT2D eigenvalue weighted by atomic mass is 16.5. The van der Waals surface area contributed by atoms with Crippen molar-refractivity contribution in [3.05, 3.63) is 29.8 Å². The molecule has 0 heterocycles. The first kappa shape index (κ1) is 15.6. The fraction of sp³-hybridized carbons (Fsp3) is 0.286. The highest BCUT2D eigenvalue weighted by Crippen LogP contribution is 2.29. The minimum Gasteiger partial charge on any atom is -0.493 e. The van der Waals surface area contributed by atoms with E-state index in [2.05, 4.69) is 0 Å². The average molecular weight is 279 g/mol. The second-order valence-corrected chi connectivity index (χ2v) is 4.00. The van der Waals surface area contributed by atoms with Gasteiger partial charge in [0.2, 0.25) is 0 Å². The van der Waals surface area contributed by atoms with E-state index in [1.807, 2.05) is 0 Å². The first-order valence-corrected chi connectivity index (χ1v) is 6.03. The summed E-state index contributed by atoms with van der Waals surface area (Å²) in [6.45, 7) is 1.77. The van der Waals surface area contributed by atoms with Crippen LogP contribution in [0.3, 0.4) is 0 Å². The van der Waals surface area contributed by atoms with Gasteiger partial charge in [0.25, 0.3) is 5.91 Å². The molecule has 0 aliphatic carbocycles. The third-order valence-electron chi connectivity index (χ3n) is 2.56. The Labute approximate surface area is 116 Å². The number of primary amides is 1. The highest BCUT2D eigenvalue weighted by molar-refractivity contribution is 5.85. The topological polar surface area (TPSA) is 98.8 Å². The van der Waals surface area contributed by atoms with E-state index >= 15 is 0 Å². The number of benzene rings is 1. The molecule has 108 valence electrons. The molecule has 0 saturated carbocycles. The van der Waals surface area contributed by atoms with Gasteiger partial charge in [-0.3, -0.25) is 4.79 Å². The van der Waals surface area contributed by atoms with Crippen molar-refractivity contribution < 1.29 is 24.2 Å². The average Bonchev–Trinajstić information content (AvgIpc) is 2.42. The molecule has 6 heteroatoms. The van der Waals surface area contributed by atoms with Gasteiger partial charge in [-0.2, -0.15) is 0 Å². The van der Waals surface area contributed by atoms with Gasteiger partial charge in [0.05, 0.1) is 7.11 Å². The minimum absolute atomic E-state index is 0.339. The number of carbonyl (C=O) groups excluding carboxylic acids is 1. The van der Waals surface area contributed by atoms with Crippen molar-refractivity contribution in [1.29, 1.82) is 0 Å². The van der Waals surface area contributed by atoms with Gasteiger partial charge in [0.1, 0.15) is 0 Å². The Hall–Kier alpha value is -2.50. The molecule has 1 atom stereocenters. The number of ether oxygens (including phenoxy) is 2. The van der Waals surface area contributed by atoms with Crippen LogP contribution in [0.4, 0.5) is 0 Å². The maximum atomic E-state index is 11.2. The van der Waals surface area contributed by atoms with Crippen molar-refractivity contribution >= 4 is 18.0 Å². The standard InChI is InChI=1S/C14H17NO5/c1-3-10(14(15)18)20-12-8-9(5-7-13(16)17)4-6-11(12)19-2/h4-8,10H,3H2,1-2H3,(H2,15,18)(H,16,17). The highest BCUT2D eigenvalue weighted by Gasteiger charge is 2.17. The number of rotatable bonds is 7. The zero-order chi connectivity index (χ0) is 15.1. The van der Waals surface area contributed by atoms with E-state index in [4.69, 9.17) is 20.3 Å². The third-order valence-corrected chi connectivity index (χ3v) is 2.56. The lowest BCUT2D eigenvalue weighted by Gasteiger charge is -2.16. The largest absolute Gasteiger partial charge is 0.493 e. The molecule has 0 aromatic heterocycles. The summed E-state index contributed by atoms with van der Waals surface area (Å²) in [5, 5.41) is 8.60. The van der Waals surface area contributed by atoms with Crippen LogP contribution in [0.2, 0.25) is 0 Å². The third kappa shape index (κ3) is 4.31. The first-order chi connectivity index (χ1) is 9.47. The maximum Gasteiger partial charge on any atom is 0.328 e. The Kier molecular flexibility index (Phi) is 5.58. The van der Waals surface area contributed by atoms with E-state index in [0.29, 0.717) is 23.5 Å². The van der Waals surface area contributed by atoms with Gasteiger partial charge in [-0.25, -0.2) is 4.79 Å². The van der Waals surface area contributed by atoms with Crippen LogP contribution in [0.1, 0.15) is 18.9 Å². The number of hydrogen-bond donors (Lipinski definition) is 2. The van der Waals surface area contributed by atoms with Crippen LogP contribution in [-0.2, 0) is 9.59 Å². The lowest BCUT2D eigenvalue weighted by atomic mass is 10.1. The number of amides is 1. The Morgan fingerprint density at radius 2 is 2.10 bits per heavy atom. The molecule has 0 aliphatic heterocycles. The maximum absolute atomic E-state index is 11.2. The minimum atomic E-state index is -1.05. The summed E-state index contributed by atoms with van der Waals surface area (Å²) in [6, 6.07) is 4.89. The quantitative estimate of drug-likeness (QED) is 0.736. The van der Waals surface area contributed by atoms with Gasteiger partial charge in [0, 0.05) is 6.08 Å². The van der Waals surface area contributed by atoms with Crippen molar-refractivity contribution in [2.24, 2.45) is 5.73 Å². The summed E-state index contributed by atoms with van der Waals surface area (Å²) in [5.41, 5.74) is 5.84. The monoisotopic (exact) mass is 279 g/mol. The second kappa shape index (κ2) is 7.18. The van der Waals surface area contributed by atoms with Gasteiger partial charge in [-0.1, -0.05) is 13.0 Å². The summed E-state index contributed by atoms with van der Waals surface area (Å²) < 4.78 is 10.6. The van der Waals surface area contributed by atoms with Crippen molar-refractivity contribution in [2.45, 2.75) is 19.4 Å². The zero-order valence-electron chi connectivity index (χ0n) is 11.3. The summed E-state index contributed by atoms with van der Waals surface area (Å²) in [6.07, 6.45) is 2.09. The van der Waals surface area contributed by atoms with E-state index < -0.39 is 18.0 Å². The predicted molar refractivity (Wildman–Crippen MR) is 73.6 cm³/mol. The van der Waals surface area contributed by atoms with E-state index in [-0.39, 0.29) is 0 Å². The molecule has 0 bridgehead atoms. The Morgan fingerprint density at radius 3 is 2.60 bits per heavy atom. The van der Waals surface area contributed by atoms with Crippen LogP contribution >= 0.6 is 0 Å². The van der Waals surface area contributed by atoms with E-state index in [9.17, 15) is 9.59 Å². The number of hydrogen-bond acceptors (Lipinski definition) is 4. The van der Waals surface area contributed by atoms with Crippen LogP contribution in [0, 0.1) is 0 Å². The molecule has 1 amide bonds. The normalized spacial score (nSPS) is 12.1. The van der Waals surface area contributed by atoms with Gasteiger partial charge in [-0.05, 0) is 30.2 Å². The first-order valence-electron chi connectivity index (χ1n) is 6.03. The molecule has 1 aromatic rings. The van der Waals surface area contributed by atoms with E-state index in [0.717, 1.165) is 6.08 Å². The predicted octanol–water partition coefficient (Wildman–Crippen LogP) is 1.44. The van der Waals surface area contributed by atoms with Crippen LogP contribution in [0.25, 0.3) is 6.08 Å². The molecular formula is C14H17NO5. The number of carbonyl (C=O) groups is 2. The number of methoxy groups -OCH3 is 1. The van der Waals surface area contributed by atoms with E-state index in [1.54, 1.807) is 25.1 Å².